The Bertz CT molecular complexity index is 1040. The zero-order chi connectivity index (χ0) is 29.6. The Morgan fingerprint density at radius 3 is 1.74 bits per heavy atom. The van der Waals surface area contributed by atoms with Crippen molar-refractivity contribution >= 4 is 12.3 Å². The summed E-state index contributed by atoms with van der Waals surface area (Å²) < 4.78 is 9.02. The maximum absolute atomic E-state index is 11.6. The van der Waals surface area contributed by atoms with Crippen LogP contribution in [0.2, 0.25) is 0 Å². The fourth-order valence-corrected chi connectivity index (χ4v) is 5.11. The van der Waals surface area contributed by atoms with Crippen LogP contribution in [-0.4, -0.2) is 43.8 Å². The number of esters is 1. The molecule has 2 rings (SSSR count). The quantitative estimate of drug-likeness (QED) is 0.145. The second-order valence-corrected chi connectivity index (χ2v) is 11.6. The number of unbranched alkanes of at least 4 members (excludes halogenated alkanes) is 1. The lowest BCUT2D eigenvalue weighted by Crippen LogP contribution is -2.19. The van der Waals surface area contributed by atoms with E-state index < -0.39 is 0 Å². The minimum atomic E-state index is -0.314. The Morgan fingerprint density at radius 2 is 1.33 bits per heavy atom. The summed E-state index contributed by atoms with van der Waals surface area (Å²) in [4.78, 5) is 22.4. The molecule has 6 heteroatoms. The van der Waals surface area contributed by atoms with Gasteiger partial charge in [-0.15, -0.1) is 0 Å². The van der Waals surface area contributed by atoms with Crippen LogP contribution in [0.15, 0.2) is 36.4 Å². The number of carbonyl (C=O) groups is 2. The van der Waals surface area contributed by atoms with Crippen molar-refractivity contribution in [2.24, 2.45) is 0 Å². The Morgan fingerprint density at radius 1 is 0.872 bits per heavy atom. The lowest BCUT2D eigenvalue weighted by molar-refractivity contribution is -0.140. The molecule has 0 heterocycles. The Labute approximate surface area is 235 Å². The highest BCUT2D eigenvalue weighted by Gasteiger charge is 2.28. The number of rotatable bonds is 14. The van der Waals surface area contributed by atoms with E-state index in [9.17, 15) is 19.8 Å². The van der Waals surface area contributed by atoms with E-state index in [1.807, 2.05) is 12.1 Å². The molecule has 0 spiro atoms. The minimum Gasteiger partial charge on any atom is -0.508 e. The molecule has 0 aromatic heterocycles. The fourth-order valence-electron chi connectivity index (χ4n) is 5.11. The van der Waals surface area contributed by atoms with Crippen LogP contribution in [0.4, 0.5) is 0 Å². The van der Waals surface area contributed by atoms with E-state index in [2.05, 4.69) is 51.5 Å². The number of aldehydes is 1. The maximum atomic E-state index is 11.6. The second kappa shape index (κ2) is 16.3. The van der Waals surface area contributed by atoms with Gasteiger partial charge in [0.25, 0.3) is 0 Å². The summed E-state index contributed by atoms with van der Waals surface area (Å²) in [7, 11) is 4.65. The minimum absolute atomic E-state index is 0.116. The third-order valence-electron chi connectivity index (χ3n) is 7.42. The number of ether oxygens (including phenoxy) is 2. The monoisotopic (exact) mass is 542 g/mol. The molecule has 0 radical (unpaired) electrons. The lowest BCUT2D eigenvalue weighted by Gasteiger charge is -2.29. The molecule has 218 valence electrons. The molecular weight excluding hydrogens is 492 g/mol. The first-order chi connectivity index (χ1) is 18.4. The van der Waals surface area contributed by atoms with Gasteiger partial charge < -0.3 is 24.5 Å². The molecule has 0 bridgehead atoms. The number of aromatic hydroxyl groups is 2. The van der Waals surface area contributed by atoms with E-state index in [0.717, 1.165) is 60.6 Å². The SMILES string of the molecule is CCCC(c1ccc(O)c(C(C)(C)CCCC=O)c1)c1ccc(O)c(C(C)(C)CCCC(=O)OC)c1.COC. The van der Waals surface area contributed by atoms with Gasteiger partial charge in [-0.1, -0.05) is 65.3 Å². The van der Waals surface area contributed by atoms with Gasteiger partial charge in [0.1, 0.15) is 17.8 Å². The van der Waals surface area contributed by atoms with Crippen LogP contribution in [0.25, 0.3) is 0 Å². The van der Waals surface area contributed by atoms with Crippen molar-refractivity contribution in [2.75, 3.05) is 21.3 Å². The first-order valence-corrected chi connectivity index (χ1v) is 14.0. The highest BCUT2D eigenvalue weighted by molar-refractivity contribution is 5.69. The molecule has 2 N–H and O–H groups in total. The van der Waals surface area contributed by atoms with Gasteiger partial charge >= 0.3 is 5.97 Å². The van der Waals surface area contributed by atoms with Crippen LogP contribution < -0.4 is 0 Å². The molecule has 1 atom stereocenters. The summed E-state index contributed by atoms with van der Waals surface area (Å²) in [5, 5.41) is 21.4. The number of benzene rings is 2. The molecule has 6 nitrogen and oxygen atoms in total. The predicted molar refractivity (Wildman–Crippen MR) is 158 cm³/mol. The standard InChI is InChI=1S/C31H44O5.C2H6O/c1-7-11-24(22-13-15-27(33)25(20-22)30(2,3)17-8-9-19-32)23-14-16-28(34)26(21-23)31(4,5)18-10-12-29(35)36-6;1-3-2/h13-16,19-21,24,33-34H,7-12,17-18H2,1-6H3;1-2H3. The summed E-state index contributed by atoms with van der Waals surface area (Å²) in [5.41, 5.74) is 3.45. The maximum Gasteiger partial charge on any atom is 0.305 e. The van der Waals surface area contributed by atoms with Crippen molar-refractivity contribution < 1.29 is 29.3 Å². The zero-order valence-electron chi connectivity index (χ0n) is 25.3. The van der Waals surface area contributed by atoms with E-state index in [4.69, 9.17) is 4.74 Å². The molecule has 39 heavy (non-hydrogen) atoms. The second-order valence-electron chi connectivity index (χ2n) is 11.6. The van der Waals surface area contributed by atoms with Gasteiger partial charge in [0.05, 0.1) is 7.11 Å². The molecule has 2 aromatic rings. The summed E-state index contributed by atoms with van der Waals surface area (Å²) in [6, 6.07) is 11.8. The Hall–Kier alpha value is -2.86. The normalized spacial score (nSPS) is 12.3. The van der Waals surface area contributed by atoms with Crippen LogP contribution in [0.5, 0.6) is 11.5 Å². The van der Waals surface area contributed by atoms with Crippen LogP contribution >= 0.6 is 0 Å². The van der Waals surface area contributed by atoms with E-state index >= 15 is 0 Å². The van der Waals surface area contributed by atoms with E-state index in [1.165, 1.54) is 7.11 Å². The summed E-state index contributed by atoms with van der Waals surface area (Å²) >= 11 is 0. The number of hydrogen-bond acceptors (Lipinski definition) is 6. The average Bonchev–Trinajstić information content (AvgIpc) is 2.88. The molecule has 0 aliphatic heterocycles. The largest absolute Gasteiger partial charge is 0.508 e. The van der Waals surface area contributed by atoms with Gasteiger partial charge in [0.2, 0.25) is 0 Å². The molecule has 0 saturated heterocycles. The van der Waals surface area contributed by atoms with Gasteiger partial charge in [-0.25, -0.2) is 0 Å². The van der Waals surface area contributed by atoms with Gasteiger partial charge in [-0.2, -0.15) is 0 Å². The molecule has 1 unspecified atom stereocenters. The Balaban J connectivity index is 0.00000242. The van der Waals surface area contributed by atoms with Gasteiger partial charge in [-0.05, 0) is 77.3 Å². The fraction of sp³-hybridized carbons (Fsp3) is 0.576. The number of hydrogen-bond donors (Lipinski definition) is 2. The number of phenols is 2. The van der Waals surface area contributed by atoms with Crippen molar-refractivity contribution in [1.29, 1.82) is 0 Å². The number of phenolic OH excluding ortho intramolecular Hbond substituents is 2. The van der Waals surface area contributed by atoms with Crippen LogP contribution in [0.1, 0.15) is 114 Å². The molecule has 0 saturated carbocycles. The lowest BCUT2D eigenvalue weighted by atomic mass is 9.75. The van der Waals surface area contributed by atoms with Gasteiger partial charge in [-0.3, -0.25) is 4.79 Å². The number of carbonyl (C=O) groups excluding carboxylic acids is 2. The van der Waals surface area contributed by atoms with Crippen molar-refractivity contribution in [3.63, 3.8) is 0 Å². The summed E-state index contributed by atoms with van der Waals surface area (Å²) in [5.74, 6) is 0.442. The summed E-state index contributed by atoms with van der Waals surface area (Å²) in [6.45, 7) is 10.6. The topological polar surface area (TPSA) is 93.1 Å². The molecule has 2 aromatic carbocycles. The van der Waals surface area contributed by atoms with Crippen LogP contribution in [0, 0.1) is 0 Å². The van der Waals surface area contributed by atoms with E-state index in [1.54, 1.807) is 26.4 Å². The predicted octanol–water partition coefficient (Wildman–Crippen LogP) is 7.56. The first-order valence-electron chi connectivity index (χ1n) is 14.0. The number of methoxy groups -OCH3 is 2. The highest BCUT2D eigenvalue weighted by Crippen LogP contribution is 2.42. The molecule has 0 aliphatic carbocycles. The third kappa shape index (κ3) is 10.3. The summed E-state index contributed by atoms with van der Waals surface area (Å²) in [6.07, 6.45) is 6.77. The zero-order valence-corrected chi connectivity index (χ0v) is 25.3. The van der Waals surface area contributed by atoms with Crippen LogP contribution in [-0.2, 0) is 29.9 Å². The Kier molecular flexibility index (Phi) is 14.3. The van der Waals surface area contributed by atoms with Crippen LogP contribution in [0.3, 0.4) is 0 Å². The third-order valence-corrected chi connectivity index (χ3v) is 7.42. The van der Waals surface area contributed by atoms with Crippen molar-refractivity contribution in [3.05, 3.63) is 58.7 Å². The molecule has 0 amide bonds. The van der Waals surface area contributed by atoms with E-state index in [0.29, 0.717) is 19.3 Å². The molecular formula is C33H50O6. The van der Waals surface area contributed by atoms with E-state index in [-0.39, 0.29) is 34.2 Å². The first kappa shape index (κ1) is 34.2. The molecule has 0 aliphatic rings. The van der Waals surface area contributed by atoms with Crippen molar-refractivity contribution in [3.8, 4) is 11.5 Å². The van der Waals surface area contributed by atoms with Crippen molar-refractivity contribution in [2.45, 2.75) is 103 Å². The van der Waals surface area contributed by atoms with Gasteiger partial charge in [0, 0.05) is 33.0 Å². The average molecular weight is 543 g/mol. The van der Waals surface area contributed by atoms with Gasteiger partial charge in [0.15, 0.2) is 0 Å². The van der Waals surface area contributed by atoms with Crippen molar-refractivity contribution in [1.82, 2.24) is 0 Å². The smallest absolute Gasteiger partial charge is 0.305 e. The molecule has 0 fully saturated rings. The highest BCUT2D eigenvalue weighted by atomic mass is 16.5.